The number of anilines is 1. The maximum absolute atomic E-state index is 12.6. The Bertz CT molecular complexity index is 683. The first-order valence-electron chi connectivity index (χ1n) is 8.11. The third kappa shape index (κ3) is 2.67. The maximum Gasteiger partial charge on any atom is 0.242 e. The lowest BCUT2D eigenvalue weighted by Gasteiger charge is -2.30. The molecule has 1 aromatic carbocycles. The van der Waals surface area contributed by atoms with Gasteiger partial charge in [-0.1, -0.05) is 19.9 Å². The molecule has 1 aromatic heterocycles. The van der Waals surface area contributed by atoms with Crippen molar-refractivity contribution in [3.8, 4) is 0 Å². The summed E-state index contributed by atoms with van der Waals surface area (Å²) in [4.78, 5) is 19.2. The van der Waals surface area contributed by atoms with E-state index in [1.54, 1.807) is 0 Å². The lowest BCUT2D eigenvalue weighted by Crippen LogP contribution is -2.39. The number of carbonyl (C=O) groups excluding carboxylic acids is 1. The van der Waals surface area contributed by atoms with Gasteiger partial charge >= 0.3 is 0 Å². The summed E-state index contributed by atoms with van der Waals surface area (Å²) in [6.07, 6.45) is 2.99. The van der Waals surface area contributed by atoms with E-state index >= 15 is 0 Å². The molecule has 1 fully saturated rings. The zero-order valence-electron chi connectivity index (χ0n) is 13.4. The average Bonchev–Trinajstić information content (AvgIpc) is 2.87. The van der Waals surface area contributed by atoms with Gasteiger partial charge in [0.1, 0.15) is 17.9 Å². The van der Waals surface area contributed by atoms with Gasteiger partial charge in [-0.15, -0.1) is 0 Å². The molecule has 3 rings (SSSR count). The van der Waals surface area contributed by atoms with Gasteiger partial charge in [0.05, 0.1) is 11.2 Å². The van der Waals surface area contributed by atoms with Crippen LogP contribution in [-0.2, 0) is 17.8 Å². The van der Waals surface area contributed by atoms with Gasteiger partial charge in [0, 0.05) is 19.5 Å². The summed E-state index contributed by atoms with van der Waals surface area (Å²) in [7, 11) is 0. The van der Waals surface area contributed by atoms with E-state index in [9.17, 15) is 4.79 Å². The van der Waals surface area contributed by atoms with Crippen LogP contribution in [0.1, 0.15) is 32.5 Å². The summed E-state index contributed by atoms with van der Waals surface area (Å²) in [5, 5.41) is 0. The van der Waals surface area contributed by atoms with E-state index in [-0.39, 0.29) is 5.91 Å². The summed E-state index contributed by atoms with van der Waals surface area (Å²) in [5.41, 5.74) is 8.44. The van der Waals surface area contributed by atoms with E-state index in [2.05, 4.69) is 18.8 Å². The van der Waals surface area contributed by atoms with Gasteiger partial charge in [0.15, 0.2) is 0 Å². The van der Waals surface area contributed by atoms with Crippen molar-refractivity contribution in [3.05, 3.63) is 24.0 Å². The molecule has 0 radical (unpaired) electrons. The normalized spacial score (nSPS) is 16.4. The van der Waals surface area contributed by atoms with Gasteiger partial charge in [0.2, 0.25) is 5.91 Å². The Balaban J connectivity index is 1.87. The van der Waals surface area contributed by atoms with Gasteiger partial charge in [-0.2, -0.15) is 0 Å². The van der Waals surface area contributed by atoms with Gasteiger partial charge < -0.3 is 15.2 Å². The number of amides is 1. The molecule has 22 heavy (non-hydrogen) atoms. The van der Waals surface area contributed by atoms with E-state index in [0.29, 0.717) is 12.2 Å². The van der Waals surface area contributed by atoms with E-state index in [4.69, 9.17) is 5.73 Å². The number of piperidine rings is 1. The second-order valence-corrected chi connectivity index (χ2v) is 6.25. The summed E-state index contributed by atoms with van der Waals surface area (Å²) in [5.74, 6) is 1.83. The number of para-hydroxylation sites is 1. The highest BCUT2D eigenvalue weighted by molar-refractivity contribution is 5.89. The molecule has 0 aliphatic carbocycles. The summed E-state index contributed by atoms with van der Waals surface area (Å²) < 4.78 is 2.02. The fourth-order valence-corrected chi connectivity index (χ4v) is 3.16. The monoisotopic (exact) mass is 300 g/mol. The predicted molar refractivity (Wildman–Crippen MR) is 88.5 cm³/mol. The predicted octanol–water partition coefficient (Wildman–Crippen LogP) is 2.44. The third-order valence-corrected chi connectivity index (χ3v) is 4.64. The van der Waals surface area contributed by atoms with Crippen LogP contribution < -0.4 is 5.73 Å². The second kappa shape index (κ2) is 5.99. The quantitative estimate of drug-likeness (QED) is 0.886. The molecule has 0 unspecified atom stereocenters. The Morgan fingerprint density at radius 1 is 1.36 bits per heavy atom. The van der Waals surface area contributed by atoms with Gasteiger partial charge in [-0.25, -0.2) is 4.98 Å². The Morgan fingerprint density at radius 3 is 2.77 bits per heavy atom. The number of aryl methyl sites for hydroxylation is 1. The second-order valence-electron chi connectivity index (χ2n) is 6.25. The van der Waals surface area contributed by atoms with Crippen LogP contribution in [-0.4, -0.2) is 33.4 Å². The number of aromatic nitrogens is 2. The fraction of sp³-hybridized carbons (Fsp3) is 0.529. The molecule has 2 N–H and O–H groups in total. The third-order valence-electron chi connectivity index (χ3n) is 4.64. The smallest absolute Gasteiger partial charge is 0.242 e. The van der Waals surface area contributed by atoms with E-state index in [1.165, 1.54) is 0 Å². The molecule has 1 amide bonds. The molecule has 0 bridgehead atoms. The lowest BCUT2D eigenvalue weighted by molar-refractivity contribution is -0.133. The molecule has 5 heteroatoms. The van der Waals surface area contributed by atoms with Crippen molar-refractivity contribution in [2.45, 2.75) is 39.7 Å². The molecule has 0 spiro atoms. The summed E-state index contributed by atoms with van der Waals surface area (Å²) in [6.45, 7) is 6.41. The number of nitrogens with zero attached hydrogens (tertiary/aromatic N) is 3. The molecule has 2 heterocycles. The molecule has 1 aliphatic heterocycles. The molecule has 0 atom stereocenters. The zero-order chi connectivity index (χ0) is 15.7. The number of nitrogens with two attached hydrogens (primary N) is 1. The number of hydrogen-bond acceptors (Lipinski definition) is 3. The first-order valence-corrected chi connectivity index (χ1v) is 8.11. The van der Waals surface area contributed by atoms with Crippen LogP contribution in [0.2, 0.25) is 0 Å². The fourth-order valence-electron chi connectivity index (χ4n) is 3.16. The highest BCUT2D eigenvalue weighted by Gasteiger charge is 2.22. The number of fused-ring (bicyclic) bond motifs is 1. The molecule has 2 aromatic rings. The van der Waals surface area contributed by atoms with Gasteiger partial charge in [0.25, 0.3) is 0 Å². The molecule has 118 valence electrons. The molecular formula is C17H24N4O. The Morgan fingerprint density at radius 2 is 2.09 bits per heavy atom. The minimum absolute atomic E-state index is 0.184. The molecule has 5 nitrogen and oxygen atoms in total. The van der Waals surface area contributed by atoms with Gasteiger partial charge in [-0.3, -0.25) is 4.79 Å². The van der Waals surface area contributed by atoms with Crippen LogP contribution >= 0.6 is 0 Å². The molecular weight excluding hydrogens is 276 g/mol. The summed E-state index contributed by atoms with van der Waals surface area (Å²) in [6, 6.07) is 5.76. The van der Waals surface area contributed by atoms with Crippen LogP contribution in [0, 0.1) is 5.92 Å². The van der Waals surface area contributed by atoms with E-state index < -0.39 is 0 Å². The minimum Gasteiger partial charge on any atom is -0.397 e. The summed E-state index contributed by atoms with van der Waals surface area (Å²) >= 11 is 0. The number of nitrogen functional groups attached to an aromatic ring is 1. The Hall–Kier alpha value is -2.04. The number of hydrogen-bond donors (Lipinski definition) is 1. The van der Waals surface area contributed by atoms with Gasteiger partial charge in [-0.05, 0) is 30.9 Å². The topological polar surface area (TPSA) is 64.1 Å². The van der Waals surface area contributed by atoms with Crippen molar-refractivity contribution in [1.82, 2.24) is 14.5 Å². The van der Waals surface area contributed by atoms with Crippen molar-refractivity contribution < 1.29 is 4.79 Å². The number of imidazole rings is 1. The first kappa shape index (κ1) is 14.9. The molecule has 0 saturated carbocycles. The largest absolute Gasteiger partial charge is 0.397 e. The zero-order valence-corrected chi connectivity index (χ0v) is 13.4. The maximum atomic E-state index is 12.6. The van der Waals surface area contributed by atoms with Crippen molar-refractivity contribution >= 4 is 22.6 Å². The average molecular weight is 300 g/mol. The van der Waals surface area contributed by atoms with E-state index in [0.717, 1.165) is 55.1 Å². The van der Waals surface area contributed by atoms with E-state index in [1.807, 2.05) is 27.7 Å². The highest BCUT2D eigenvalue weighted by atomic mass is 16.2. The Kier molecular flexibility index (Phi) is 4.05. The first-order chi connectivity index (χ1) is 10.6. The SMILES string of the molecule is CCc1nc2c(N)cccc2n1CC(=O)N1CCC(C)CC1. The van der Waals surface area contributed by atoms with Crippen molar-refractivity contribution in [3.63, 3.8) is 0 Å². The number of benzene rings is 1. The number of rotatable bonds is 3. The lowest BCUT2D eigenvalue weighted by atomic mass is 9.99. The molecule has 1 saturated heterocycles. The van der Waals surface area contributed by atoms with Crippen molar-refractivity contribution in [2.24, 2.45) is 5.92 Å². The number of carbonyl (C=O) groups is 1. The van der Waals surface area contributed by atoms with Crippen LogP contribution in [0.3, 0.4) is 0 Å². The standard InChI is InChI=1S/C17H24N4O/c1-3-15-19-17-13(18)5-4-6-14(17)21(15)11-16(22)20-9-7-12(2)8-10-20/h4-6,12H,3,7-11,18H2,1-2H3. The number of likely N-dealkylation sites (tertiary alicyclic amines) is 1. The van der Waals surface area contributed by atoms with Crippen LogP contribution in [0.25, 0.3) is 11.0 Å². The van der Waals surface area contributed by atoms with Crippen molar-refractivity contribution in [2.75, 3.05) is 18.8 Å². The van der Waals surface area contributed by atoms with Crippen LogP contribution in [0.15, 0.2) is 18.2 Å². The highest BCUT2D eigenvalue weighted by Crippen LogP contribution is 2.23. The van der Waals surface area contributed by atoms with Crippen LogP contribution in [0.4, 0.5) is 5.69 Å². The van der Waals surface area contributed by atoms with Crippen LogP contribution in [0.5, 0.6) is 0 Å². The Labute approximate surface area is 131 Å². The minimum atomic E-state index is 0.184. The van der Waals surface area contributed by atoms with Crippen molar-refractivity contribution in [1.29, 1.82) is 0 Å². The molecule has 1 aliphatic rings.